The Kier molecular flexibility index (Phi) is 8.79. The molecule has 176 valence electrons. The van der Waals surface area contributed by atoms with Gasteiger partial charge in [0.1, 0.15) is 11.7 Å². The van der Waals surface area contributed by atoms with Crippen molar-refractivity contribution in [1.82, 2.24) is 14.9 Å². The van der Waals surface area contributed by atoms with E-state index in [0.717, 1.165) is 49.1 Å². The summed E-state index contributed by atoms with van der Waals surface area (Å²) in [4.78, 5) is 31.0. The van der Waals surface area contributed by atoms with Gasteiger partial charge in [-0.05, 0) is 49.5 Å². The van der Waals surface area contributed by atoms with Gasteiger partial charge in [-0.1, -0.05) is 13.8 Å². The molecule has 1 aromatic heterocycles. The molecule has 0 bridgehead atoms. The molecule has 10 heteroatoms. The van der Waals surface area contributed by atoms with Gasteiger partial charge in [-0.2, -0.15) is 0 Å². The second kappa shape index (κ2) is 11.8. The molecule has 33 heavy (non-hydrogen) atoms. The van der Waals surface area contributed by atoms with E-state index in [2.05, 4.69) is 32.0 Å². The van der Waals surface area contributed by atoms with Gasteiger partial charge in [0.05, 0.1) is 0 Å². The van der Waals surface area contributed by atoms with Crippen molar-refractivity contribution < 1.29 is 4.79 Å². The SMILES string of the molecule is CCC(=O)Nc1ccc(Sc2nc(N=C(N)CC(C)=N)cc(N3CCN(CC)CC3)n2)cc1. The predicted molar refractivity (Wildman–Crippen MR) is 135 cm³/mol. The van der Waals surface area contributed by atoms with E-state index < -0.39 is 0 Å². The predicted octanol–water partition coefficient (Wildman–Crippen LogP) is 3.54. The first-order valence-corrected chi connectivity index (χ1v) is 12.0. The Labute approximate surface area is 199 Å². The van der Waals surface area contributed by atoms with Crippen LogP contribution in [-0.4, -0.2) is 65.0 Å². The minimum absolute atomic E-state index is 0.0186. The molecule has 0 spiro atoms. The summed E-state index contributed by atoms with van der Waals surface area (Å²) in [5.74, 6) is 1.66. The summed E-state index contributed by atoms with van der Waals surface area (Å²) in [6, 6.07) is 9.46. The molecule has 4 N–H and O–H groups in total. The zero-order chi connectivity index (χ0) is 23.8. The minimum Gasteiger partial charge on any atom is -0.387 e. The Hall–Kier alpha value is -2.98. The van der Waals surface area contributed by atoms with Crippen LogP contribution in [0.2, 0.25) is 0 Å². The van der Waals surface area contributed by atoms with E-state index >= 15 is 0 Å². The molecule has 1 aromatic carbocycles. The third kappa shape index (κ3) is 7.54. The molecule has 0 unspecified atom stereocenters. The number of benzene rings is 1. The van der Waals surface area contributed by atoms with E-state index in [4.69, 9.17) is 16.1 Å². The number of nitrogens with one attached hydrogen (secondary N) is 2. The number of hydrogen-bond donors (Lipinski definition) is 3. The second-order valence-electron chi connectivity index (χ2n) is 7.88. The van der Waals surface area contributed by atoms with Crippen LogP contribution in [0.25, 0.3) is 0 Å². The normalized spacial score (nSPS) is 14.9. The van der Waals surface area contributed by atoms with Crippen LogP contribution in [0.5, 0.6) is 0 Å². The standard InChI is InChI=1S/C23H32N8OS/c1-4-22(32)26-17-6-8-18(9-7-17)33-23-28-20(27-19(25)14-16(3)24)15-21(29-23)31-12-10-30(5-2)11-13-31/h6-9,15,24H,4-5,10-14H2,1-3H3,(H,26,32)(H2,25,27,28,29). The van der Waals surface area contributed by atoms with Gasteiger partial charge in [-0.15, -0.1) is 0 Å². The van der Waals surface area contributed by atoms with Crippen LogP contribution in [0.4, 0.5) is 17.3 Å². The number of likely N-dealkylation sites (N-methyl/N-ethyl adjacent to an activating group) is 1. The number of nitrogens with zero attached hydrogens (tertiary/aromatic N) is 5. The lowest BCUT2D eigenvalue weighted by molar-refractivity contribution is -0.115. The molecule has 1 amide bonds. The average molecular weight is 469 g/mol. The third-order valence-corrected chi connectivity index (χ3v) is 6.07. The minimum atomic E-state index is -0.0186. The number of piperazine rings is 1. The fourth-order valence-corrected chi connectivity index (χ4v) is 4.14. The maximum absolute atomic E-state index is 11.6. The fraction of sp³-hybridized carbons (Fsp3) is 0.435. The smallest absolute Gasteiger partial charge is 0.224 e. The molecule has 0 aliphatic carbocycles. The van der Waals surface area contributed by atoms with Gasteiger partial charge in [-0.25, -0.2) is 15.0 Å². The molecule has 9 nitrogen and oxygen atoms in total. The van der Waals surface area contributed by atoms with Crippen LogP contribution in [-0.2, 0) is 4.79 Å². The van der Waals surface area contributed by atoms with Crippen molar-refractivity contribution >= 4 is 46.5 Å². The van der Waals surface area contributed by atoms with Gasteiger partial charge in [0, 0.05) is 61.4 Å². The lowest BCUT2D eigenvalue weighted by Gasteiger charge is -2.34. The Bertz CT molecular complexity index is 1000. The maximum Gasteiger partial charge on any atom is 0.224 e. The molecule has 3 rings (SSSR count). The van der Waals surface area contributed by atoms with E-state index in [0.29, 0.717) is 35.4 Å². The molecule has 1 aliphatic rings. The van der Waals surface area contributed by atoms with Crippen LogP contribution in [0, 0.1) is 5.41 Å². The first-order chi connectivity index (χ1) is 15.9. The molecule has 0 saturated carbocycles. The van der Waals surface area contributed by atoms with Crippen molar-refractivity contribution in [3.8, 4) is 0 Å². The van der Waals surface area contributed by atoms with Gasteiger partial charge in [0.25, 0.3) is 0 Å². The fourth-order valence-electron chi connectivity index (χ4n) is 3.38. The quantitative estimate of drug-likeness (QED) is 0.292. The van der Waals surface area contributed by atoms with E-state index in [1.165, 1.54) is 11.8 Å². The van der Waals surface area contributed by atoms with Gasteiger partial charge in [0.2, 0.25) is 5.91 Å². The molecule has 2 aromatic rings. The van der Waals surface area contributed by atoms with Gasteiger partial charge in [0.15, 0.2) is 11.0 Å². The maximum atomic E-state index is 11.6. The number of aromatic nitrogens is 2. The highest BCUT2D eigenvalue weighted by atomic mass is 32.2. The van der Waals surface area contributed by atoms with Crippen LogP contribution >= 0.6 is 11.8 Å². The number of rotatable bonds is 9. The average Bonchev–Trinajstić information content (AvgIpc) is 2.79. The van der Waals surface area contributed by atoms with Crippen molar-refractivity contribution in [3.05, 3.63) is 30.3 Å². The summed E-state index contributed by atoms with van der Waals surface area (Å²) in [7, 11) is 0. The summed E-state index contributed by atoms with van der Waals surface area (Å²) in [6.07, 6.45) is 0.746. The van der Waals surface area contributed by atoms with Crippen molar-refractivity contribution in [2.45, 2.75) is 43.7 Å². The number of carbonyl (C=O) groups excluding carboxylic acids is 1. The zero-order valence-corrected chi connectivity index (χ0v) is 20.3. The summed E-state index contributed by atoms with van der Waals surface area (Å²) in [5, 5.41) is 11.1. The van der Waals surface area contributed by atoms with Gasteiger partial charge < -0.3 is 26.3 Å². The summed E-state index contributed by atoms with van der Waals surface area (Å²) >= 11 is 1.43. The van der Waals surface area contributed by atoms with E-state index in [1.807, 2.05) is 37.3 Å². The number of hydrogen-bond acceptors (Lipinski definition) is 8. The van der Waals surface area contributed by atoms with Crippen LogP contribution in [0.3, 0.4) is 0 Å². The second-order valence-corrected chi connectivity index (χ2v) is 8.92. The number of nitrogens with two attached hydrogens (primary N) is 1. The van der Waals surface area contributed by atoms with Gasteiger partial charge >= 0.3 is 0 Å². The molecule has 1 fully saturated rings. The van der Waals surface area contributed by atoms with E-state index in [9.17, 15) is 4.79 Å². The molecule has 1 aliphatic heterocycles. The monoisotopic (exact) mass is 468 g/mol. The Morgan fingerprint density at radius 2 is 1.88 bits per heavy atom. The Morgan fingerprint density at radius 1 is 1.18 bits per heavy atom. The first-order valence-electron chi connectivity index (χ1n) is 11.2. The highest BCUT2D eigenvalue weighted by molar-refractivity contribution is 7.99. The molecule has 2 heterocycles. The number of amidine groups is 1. The van der Waals surface area contributed by atoms with Crippen LogP contribution in [0.15, 0.2) is 45.4 Å². The number of aliphatic imine (C=N–C) groups is 1. The molecule has 0 radical (unpaired) electrons. The molecule has 1 saturated heterocycles. The zero-order valence-electron chi connectivity index (χ0n) is 19.5. The summed E-state index contributed by atoms with van der Waals surface area (Å²) in [6.45, 7) is 10.5. The first kappa shape index (κ1) is 24.7. The topological polar surface area (TPSA) is 124 Å². The van der Waals surface area contributed by atoms with E-state index in [1.54, 1.807) is 6.92 Å². The lowest BCUT2D eigenvalue weighted by atomic mass is 10.3. The number of anilines is 2. The third-order valence-electron chi connectivity index (χ3n) is 5.19. The largest absolute Gasteiger partial charge is 0.387 e. The number of carbonyl (C=O) groups is 1. The van der Waals surface area contributed by atoms with Crippen LogP contribution < -0.4 is 16.0 Å². The number of amides is 1. The van der Waals surface area contributed by atoms with Crippen molar-refractivity contribution in [2.24, 2.45) is 10.7 Å². The lowest BCUT2D eigenvalue weighted by Crippen LogP contribution is -2.46. The molecule has 0 atom stereocenters. The van der Waals surface area contributed by atoms with Gasteiger partial charge in [-0.3, -0.25) is 4.79 Å². The van der Waals surface area contributed by atoms with Crippen molar-refractivity contribution in [3.63, 3.8) is 0 Å². The molecular weight excluding hydrogens is 436 g/mol. The summed E-state index contributed by atoms with van der Waals surface area (Å²) in [5.41, 5.74) is 7.24. The summed E-state index contributed by atoms with van der Waals surface area (Å²) < 4.78 is 0. The van der Waals surface area contributed by atoms with Crippen molar-refractivity contribution in [2.75, 3.05) is 42.9 Å². The van der Waals surface area contributed by atoms with Crippen molar-refractivity contribution in [1.29, 1.82) is 5.41 Å². The Morgan fingerprint density at radius 3 is 2.48 bits per heavy atom. The molecular formula is C23H32N8OS. The Balaban J connectivity index is 1.84. The van der Waals surface area contributed by atoms with Crippen LogP contribution in [0.1, 0.15) is 33.6 Å². The van der Waals surface area contributed by atoms with E-state index in [-0.39, 0.29) is 5.91 Å². The highest BCUT2D eigenvalue weighted by Gasteiger charge is 2.19. The highest BCUT2D eigenvalue weighted by Crippen LogP contribution is 2.30.